The van der Waals surface area contributed by atoms with Gasteiger partial charge in [-0.2, -0.15) is 0 Å². The van der Waals surface area contributed by atoms with E-state index in [1.54, 1.807) is 12.1 Å². The van der Waals surface area contributed by atoms with Crippen LogP contribution in [0.1, 0.15) is 18.1 Å². The molecule has 0 unspecified atom stereocenters. The first-order valence-electron chi connectivity index (χ1n) is 6.99. The lowest BCUT2D eigenvalue weighted by Gasteiger charge is -2.09. The second kappa shape index (κ2) is 5.40. The van der Waals surface area contributed by atoms with E-state index >= 15 is 0 Å². The first-order valence-corrected chi connectivity index (χ1v) is 6.99. The number of hydrogen-bond donors (Lipinski definition) is 0. The number of fused-ring (bicyclic) bond motifs is 1. The van der Waals surface area contributed by atoms with E-state index in [0.717, 1.165) is 12.0 Å². The molecule has 0 fully saturated rings. The van der Waals surface area contributed by atoms with Crippen LogP contribution in [0.15, 0.2) is 54.7 Å². The summed E-state index contributed by atoms with van der Waals surface area (Å²) in [5.74, 6) is 0. The molecule has 0 aliphatic carbocycles. The van der Waals surface area contributed by atoms with Crippen LogP contribution in [-0.4, -0.2) is 9.49 Å². The summed E-state index contributed by atoms with van der Waals surface area (Å²) in [6.45, 7) is 2.78. The Morgan fingerprint density at radius 3 is 2.71 bits per heavy atom. The zero-order valence-corrected chi connectivity index (χ0v) is 11.8. The van der Waals surface area contributed by atoms with E-state index in [9.17, 15) is 10.1 Å². The molecule has 21 heavy (non-hydrogen) atoms. The molecule has 2 aromatic carbocycles. The molecule has 0 aliphatic heterocycles. The van der Waals surface area contributed by atoms with Crippen molar-refractivity contribution in [3.05, 3.63) is 76.0 Å². The van der Waals surface area contributed by atoms with Crippen molar-refractivity contribution in [1.29, 1.82) is 0 Å². The molecular formula is C17H16N2O2. The summed E-state index contributed by atoms with van der Waals surface area (Å²) in [4.78, 5) is 10.5. The van der Waals surface area contributed by atoms with Crippen molar-refractivity contribution in [1.82, 2.24) is 4.57 Å². The fourth-order valence-corrected chi connectivity index (χ4v) is 2.72. The van der Waals surface area contributed by atoms with E-state index < -0.39 is 0 Å². The summed E-state index contributed by atoms with van der Waals surface area (Å²) in [7, 11) is 0. The normalized spacial score (nSPS) is 10.9. The van der Waals surface area contributed by atoms with Gasteiger partial charge in [0.2, 0.25) is 0 Å². The molecule has 106 valence electrons. The lowest BCUT2D eigenvalue weighted by Crippen LogP contribution is -2.00. The zero-order valence-electron chi connectivity index (χ0n) is 11.8. The molecule has 0 bridgehead atoms. The van der Waals surface area contributed by atoms with Gasteiger partial charge in [-0.15, -0.1) is 0 Å². The predicted molar refractivity (Wildman–Crippen MR) is 83.5 cm³/mol. The van der Waals surface area contributed by atoms with Crippen LogP contribution in [0.2, 0.25) is 0 Å². The summed E-state index contributed by atoms with van der Waals surface area (Å²) < 4.78 is 2.16. The van der Waals surface area contributed by atoms with E-state index in [0.29, 0.717) is 6.54 Å². The van der Waals surface area contributed by atoms with E-state index in [1.807, 2.05) is 12.3 Å². The van der Waals surface area contributed by atoms with Crippen LogP contribution in [0, 0.1) is 10.1 Å². The van der Waals surface area contributed by atoms with Crippen LogP contribution < -0.4 is 0 Å². The Morgan fingerprint density at radius 2 is 1.95 bits per heavy atom. The lowest BCUT2D eigenvalue weighted by atomic mass is 10.1. The average molecular weight is 280 g/mol. The highest BCUT2D eigenvalue weighted by Crippen LogP contribution is 2.23. The van der Waals surface area contributed by atoms with Gasteiger partial charge < -0.3 is 4.57 Å². The molecular weight excluding hydrogens is 264 g/mol. The fourth-order valence-electron chi connectivity index (χ4n) is 2.72. The van der Waals surface area contributed by atoms with Gasteiger partial charge in [0.15, 0.2) is 0 Å². The Morgan fingerprint density at radius 1 is 1.14 bits per heavy atom. The van der Waals surface area contributed by atoms with Gasteiger partial charge >= 0.3 is 0 Å². The van der Waals surface area contributed by atoms with Gasteiger partial charge in [0.05, 0.1) is 10.4 Å². The first-order chi connectivity index (χ1) is 10.2. The fraction of sp³-hybridized carbons (Fsp3) is 0.176. The second-order valence-corrected chi connectivity index (χ2v) is 5.08. The molecule has 0 saturated heterocycles. The molecule has 4 heteroatoms. The molecule has 0 radical (unpaired) electrons. The van der Waals surface area contributed by atoms with Gasteiger partial charge in [-0.3, -0.25) is 10.1 Å². The minimum atomic E-state index is -0.352. The minimum absolute atomic E-state index is 0.139. The Labute approximate surface area is 122 Å². The topological polar surface area (TPSA) is 48.1 Å². The standard InChI is InChI=1S/C17H16N2O2/c1-2-14-6-4-7-15-9-10-18(17(14)15)12-13-5-3-8-16(11-13)19(20)21/h3-11H,2,12H2,1H3. The number of para-hydroxylation sites is 1. The highest BCUT2D eigenvalue weighted by Gasteiger charge is 2.09. The van der Waals surface area contributed by atoms with Crippen molar-refractivity contribution in [3.8, 4) is 0 Å². The Bertz CT molecular complexity index is 805. The first kappa shape index (κ1) is 13.4. The maximum atomic E-state index is 10.9. The molecule has 0 spiro atoms. The zero-order chi connectivity index (χ0) is 14.8. The molecule has 1 aromatic heterocycles. The highest BCUT2D eigenvalue weighted by atomic mass is 16.6. The van der Waals surface area contributed by atoms with Crippen molar-refractivity contribution in [2.45, 2.75) is 19.9 Å². The Kier molecular flexibility index (Phi) is 3.44. The number of nitro benzene ring substituents is 1. The third-order valence-corrected chi connectivity index (χ3v) is 3.73. The molecule has 0 saturated carbocycles. The van der Waals surface area contributed by atoms with Crippen LogP contribution >= 0.6 is 0 Å². The number of rotatable bonds is 4. The summed E-state index contributed by atoms with van der Waals surface area (Å²) in [6, 6.07) is 15.2. The van der Waals surface area contributed by atoms with Crippen molar-refractivity contribution in [2.24, 2.45) is 0 Å². The number of benzene rings is 2. The van der Waals surface area contributed by atoms with Crippen LogP contribution in [0.4, 0.5) is 5.69 Å². The van der Waals surface area contributed by atoms with Crippen molar-refractivity contribution in [2.75, 3.05) is 0 Å². The second-order valence-electron chi connectivity index (χ2n) is 5.08. The number of nitrogens with zero attached hydrogens (tertiary/aromatic N) is 2. The van der Waals surface area contributed by atoms with Gasteiger partial charge in [-0.25, -0.2) is 0 Å². The number of aryl methyl sites for hydroxylation is 1. The van der Waals surface area contributed by atoms with Gasteiger partial charge in [0, 0.05) is 24.9 Å². The van der Waals surface area contributed by atoms with Crippen LogP contribution in [-0.2, 0) is 13.0 Å². The van der Waals surface area contributed by atoms with Gasteiger partial charge in [0.1, 0.15) is 0 Å². The third-order valence-electron chi connectivity index (χ3n) is 3.73. The van der Waals surface area contributed by atoms with Crippen molar-refractivity contribution < 1.29 is 4.92 Å². The van der Waals surface area contributed by atoms with Gasteiger partial charge in [-0.1, -0.05) is 37.3 Å². The molecule has 3 rings (SSSR count). The summed E-state index contributed by atoms with van der Waals surface area (Å²) >= 11 is 0. The monoisotopic (exact) mass is 280 g/mol. The SMILES string of the molecule is CCc1cccc2ccn(Cc3cccc([N+](=O)[O-])c3)c12. The van der Waals surface area contributed by atoms with Crippen molar-refractivity contribution in [3.63, 3.8) is 0 Å². The molecule has 1 heterocycles. The maximum absolute atomic E-state index is 10.9. The smallest absolute Gasteiger partial charge is 0.269 e. The van der Waals surface area contributed by atoms with Gasteiger partial charge in [-0.05, 0) is 29.0 Å². The number of hydrogen-bond acceptors (Lipinski definition) is 2. The largest absolute Gasteiger partial charge is 0.343 e. The Hall–Kier alpha value is -2.62. The van der Waals surface area contributed by atoms with Crippen LogP contribution in [0.25, 0.3) is 10.9 Å². The quantitative estimate of drug-likeness (QED) is 0.532. The highest BCUT2D eigenvalue weighted by molar-refractivity contribution is 5.83. The van der Waals surface area contributed by atoms with Gasteiger partial charge in [0.25, 0.3) is 5.69 Å². The van der Waals surface area contributed by atoms with E-state index in [-0.39, 0.29) is 10.6 Å². The molecule has 0 amide bonds. The molecule has 0 atom stereocenters. The van der Waals surface area contributed by atoms with E-state index in [2.05, 4.69) is 35.8 Å². The summed E-state index contributed by atoms with van der Waals surface area (Å²) in [6.07, 6.45) is 3.01. The number of nitro groups is 1. The predicted octanol–water partition coefficient (Wildman–Crippen LogP) is 4.16. The van der Waals surface area contributed by atoms with Crippen LogP contribution in [0.5, 0.6) is 0 Å². The summed E-state index contributed by atoms with van der Waals surface area (Å²) in [5, 5.41) is 12.1. The van der Waals surface area contributed by atoms with E-state index in [1.165, 1.54) is 22.5 Å². The van der Waals surface area contributed by atoms with E-state index in [4.69, 9.17) is 0 Å². The number of non-ortho nitro benzene ring substituents is 1. The van der Waals surface area contributed by atoms with Crippen molar-refractivity contribution >= 4 is 16.6 Å². The molecule has 0 N–H and O–H groups in total. The molecule has 0 aliphatic rings. The third kappa shape index (κ3) is 2.52. The maximum Gasteiger partial charge on any atom is 0.269 e. The Balaban J connectivity index is 2.02. The van der Waals surface area contributed by atoms with Crippen LogP contribution in [0.3, 0.4) is 0 Å². The lowest BCUT2D eigenvalue weighted by molar-refractivity contribution is -0.384. The average Bonchev–Trinajstić information content (AvgIpc) is 2.91. The molecule has 3 aromatic rings. The number of aromatic nitrogens is 1. The summed E-state index contributed by atoms with van der Waals surface area (Å²) in [5.41, 5.74) is 3.58. The molecule has 4 nitrogen and oxygen atoms in total. The minimum Gasteiger partial charge on any atom is -0.343 e.